The van der Waals surface area contributed by atoms with Crippen LogP contribution in [0.3, 0.4) is 0 Å². The molecular weight excluding hydrogens is 546 g/mol. The van der Waals surface area contributed by atoms with Gasteiger partial charge < -0.3 is 4.90 Å². The van der Waals surface area contributed by atoms with Crippen molar-refractivity contribution in [1.29, 1.82) is 0 Å². The molecule has 0 amide bonds. The number of hydrogen-bond donors (Lipinski definition) is 0. The average molecular weight is 574 g/mol. The number of rotatable bonds is 3. The zero-order valence-electron chi connectivity index (χ0n) is 23.9. The molecule has 0 unspecified atom stereocenters. The minimum atomic E-state index is -1.91. The van der Waals surface area contributed by atoms with E-state index in [1.54, 1.807) is 48.5 Å². The summed E-state index contributed by atoms with van der Waals surface area (Å²) in [6.07, 6.45) is 0. The van der Waals surface area contributed by atoms with Crippen molar-refractivity contribution in [3.8, 4) is 0 Å². The summed E-state index contributed by atoms with van der Waals surface area (Å²) in [7, 11) is 0. The second kappa shape index (κ2) is 9.29. The second-order valence-corrected chi connectivity index (χ2v) is 11.9. The predicted octanol–water partition coefficient (Wildman–Crippen LogP) is 7.22. The van der Waals surface area contributed by atoms with E-state index in [0.29, 0.717) is 39.1 Å². The molecule has 5 aromatic carbocycles. The van der Waals surface area contributed by atoms with Crippen LogP contribution >= 0.6 is 0 Å². The van der Waals surface area contributed by atoms with Crippen LogP contribution < -0.4 is 4.90 Å². The van der Waals surface area contributed by atoms with Gasteiger partial charge in [0.1, 0.15) is 5.41 Å². The lowest BCUT2D eigenvalue weighted by Crippen LogP contribution is -2.57. The molecule has 2 spiro atoms. The van der Waals surface area contributed by atoms with Crippen molar-refractivity contribution >= 4 is 28.8 Å². The molecular formula is C39H27NO4. The van der Waals surface area contributed by atoms with Gasteiger partial charge in [-0.1, -0.05) is 127 Å². The van der Waals surface area contributed by atoms with Crippen LogP contribution in [0.4, 0.5) is 5.69 Å². The van der Waals surface area contributed by atoms with Crippen LogP contribution in [-0.4, -0.2) is 28.7 Å². The van der Waals surface area contributed by atoms with E-state index in [4.69, 9.17) is 0 Å². The molecule has 0 aromatic heterocycles. The van der Waals surface area contributed by atoms with E-state index in [-0.39, 0.29) is 11.6 Å². The van der Waals surface area contributed by atoms with Crippen LogP contribution in [0.5, 0.6) is 0 Å². The largest absolute Gasteiger partial charge is 0.343 e. The fourth-order valence-corrected chi connectivity index (χ4v) is 8.10. The molecule has 0 radical (unpaired) electrons. The number of carbonyl (C=O) groups is 4. The number of fused-ring (bicyclic) bond motifs is 2. The summed E-state index contributed by atoms with van der Waals surface area (Å²) in [6, 6.07) is 38.9. The smallest absolute Gasteiger partial charge is 0.197 e. The summed E-state index contributed by atoms with van der Waals surface area (Å²) in [5, 5.41) is 0. The zero-order chi connectivity index (χ0) is 30.2. The topological polar surface area (TPSA) is 71.5 Å². The summed E-state index contributed by atoms with van der Waals surface area (Å²) < 4.78 is 0. The molecule has 5 aromatic rings. The Kier molecular flexibility index (Phi) is 5.54. The lowest BCUT2D eigenvalue weighted by molar-refractivity contribution is 0.0619. The van der Waals surface area contributed by atoms with E-state index in [9.17, 15) is 0 Å². The molecule has 212 valence electrons. The van der Waals surface area contributed by atoms with Gasteiger partial charge in [-0.3, -0.25) is 19.2 Å². The van der Waals surface area contributed by atoms with Crippen LogP contribution in [0, 0.1) is 12.3 Å². The van der Waals surface area contributed by atoms with E-state index < -0.39 is 34.5 Å². The van der Waals surface area contributed by atoms with Crippen molar-refractivity contribution in [3.05, 3.63) is 172 Å². The standard InChI is InChI=1S/C39H27NO4/c1-24-20-22-27(23-21-24)40-33(26-14-6-3-7-15-26)38(34(41)28-16-8-9-17-29(28)35(38)42)32(25-12-4-2-5-13-25)39(40)36(43)30-18-10-11-19-31(30)37(39)44/h2-23,32-33H,1H3/t32-,33-/m0/s1. The monoisotopic (exact) mass is 573 g/mol. The van der Waals surface area contributed by atoms with Crippen molar-refractivity contribution in [2.24, 2.45) is 5.41 Å². The lowest BCUT2D eigenvalue weighted by Gasteiger charge is -2.40. The molecule has 44 heavy (non-hydrogen) atoms. The van der Waals surface area contributed by atoms with E-state index in [2.05, 4.69) is 0 Å². The highest BCUT2D eigenvalue weighted by Crippen LogP contribution is 2.69. The molecule has 8 rings (SSSR count). The molecule has 2 atom stereocenters. The van der Waals surface area contributed by atoms with Gasteiger partial charge in [0, 0.05) is 33.9 Å². The maximum absolute atomic E-state index is 15.2. The number of nitrogens with zero attached hydrogens (tertiary/aromatic N) is 1. The molecule has 1 saturated heterocycles. The first kappa shape index (κ1) is 26.2. The highest BCUT2D eigenvalue weighted by molar-refractivity contribution is 6.39. The second-order valence-electron chi connectivity index (χ2n) is 11.9. The van der Waals surface area contributed by atoms with Crippen molar-refractivity contribution in [3.63, 3.8) is 0 Å². The Labute approximate surface area is 254 Å². The first-order valence-corrected chi connectivity index (χ1v) is 14.8. The molecule has 3 aliphatic rings. The summed E-state index contributed by atoms with van der Waals surface area (Å²) >= 11 is 0. The number of carbonyl (C=O) groups excluding carboxylic acids is 4. The summed E-state index contributed by atoms with van der Waals surface area (Å²) in [5.41, 5.74) is 0.368. The minimum Gasteiger partial charge on any atom is -0.343 e. The molecule has 0 bridgehead atoms. The third-order valence-corrected chi connectivity index (χ3v) is 9.78. The van der Waals surface area contributed by atoms with Gasteiger partial charge in [0.2, 0.25) is 0 Å². The highest BCUT2D eigenvalue weighted by Gasteiger charge is 2.80. The van der Waals surface area contributed by atoms with E-state index in [0.717, 1.165) is 5.56 Å². The molecule has 1 fully saturated rings. The number of benzene rings is 5. The Balaban J connectivity index is 1.58. The van der Waals surface area contributed by atoms with E-state index >= 15 is 19.2 Å². The Morgan fingerprint density at radius 3 is 1.36 bits per heavy atom. The fraction of sp³-hybridized carbons (Fsp3) is 0.128. The number of aryl methyl sites for hydroxylation is 1. The SMILES string of the molecule is Cc1ccc(N2[C@@H](c3ccccc3)C3(C(=O)c4ccccc4C3=O)[C@H](c3ccccc3)C23C(=O)c2ccccc2C3=O)cc1. The highest BCUT2D eigenvalue weighted by atomic mass is 16.2. The molecule has 5 nitrogen and oxygen atoms in total. The Hall–Kier alpha value is -5.42. The Morgan fingerprint density at radius 1 is 0.477 bits per heavy atom. The van der Waals surface area contributed by atoms with Gasteiger partial charge in [-0.15, -0.1) is 0 Å². The molecule has 1 aliphatic heterocycles. The van der Waals surface area contributed by atoms with Crippen molar-refractivity contribution < 1.29 is 19.2 Å². The van der Waals surface area contributed by atoms with Crippen LogP contribution in [0.2, 0.25) is 0 Å². The Bertz CT molecular complexity index is 1940. The third kappa shape index (κ3) is 3.08. The number of hydrogen-bond acceptors (Lipinski definition) is 5. The Morgan fingerprint density at radius 2 is 0.886 bits per heavy atom. The van der Waals surface area contributed by atoms with Crippen LogP contribution in [0.15, 0.2) is 133 Å². The van der Waals surface area contributed by atoms with Gasteiger partial charge in [-0.25, -0.2) is 0 Å². The first-order valence-electron chi connectivity index (χ1n) is 14.8. The van der Waals surface area contributed by atoms with Crippen molar-refractivity contribution in [2.75, 3.05) is 4.90 Å². The summed E-state index contributed by atoms with van der Waals surface area (Å²) in [6.45, 7) is 1.97. The van der Waals surface area contributed by atoms with E-state index in [1.807, 2.05) is 96.8 Å². The molecule has 0 saturated carbocycles. The predicted molar refractivity (Wildman–Crippen MR) is 167 cm³/mol. The van der Waals surface area contributed by atoms with Gasteiger partial charge in [0.15, 0.2) is 28.7 Å². The number of ketones is 4. The molecule has 0 N–H and O–H groups in total. The first-order chi connectivity index (χ1) is 21.4. The number of anilines is 1. The molecule has 5 heteroatoms. The van der Waals surface area contributed by atoms with Gasteiger partial charge >= 0.3 is 0 Å². The maximum Gasteiger partial charge on any atom is 0.197 e. The summed E-state index contributed by atoms with van der Waals surface area (Å²) in [4.78, 5) is 62.6. The molecule has 2 aliphatic carbocycles. The maximum atomic E-state index is 15.2. The van der Waals surface area contributed by atoms with Crippen molar-refractivity contribution in [2.45, 2.75) is 24.4 Å². The number of Topliss-reactive ketones (excluding diaryl/α,β-unsaturated/α-hetero) is 4. The van der Waals surface area contributed by atoms with Gasteiger partial charge in [-0.2, -0.15) is 0 Å². The quantitative estimate of drug-likeness (QED) is 0.213. The van der Waals surface area contributed by atoms with Gasteiger partial charge in [-0.05, 0) is 30.2 Å². The van der Waals surface area contributed by atoms with Crippen LogP contribution in [0.1, 0.15) is 70.1 Å². The zero-order valence-corrected chi connectivity index (χ0v) is 23.9. The van der Waals surface area contributed by atoms with Gasteiger partial charge in [0.25, 0.3) is 0 Å². The van der Waals surface area contributed by atoms with Crippen molar-refractivity contribution in [1.82, 2.24) is 0 Å². The minimum absolute atomic E-state index is 0.301. The van der Waals surface area contributed by atoms with Gasteiger partial charge in [0.05, 0.1) is 6.04 Å². The normalized spacial score (nSPS) is 20.9. The average Bonchev–Trinajstić information content (AvgIpc) is 3.57. The lowest BCUT2D eigenvalue weighted by atomic mass is 9.60. The van der Waals surface area contributed by atoms with Crippen LogP contribution in [-0.2, 0) is 0 Å². The molecule has 1 heterocycles. The van der Waals surface area contributed by atoms with Crippen LogP contribution in [0.25, 0.3) is 0 Å². The fourth-order valence-electron chi connectivity index (χ4n) is 8.10. The van der Waals surface area contributed by atoms with E-state index in [1.165, 1.54) is 0 Å². The summed E-state index contributed by atoms with van der Waals surface area (Å²) in [5.74, 6) is -2.66. The third-order valence-electron chi connectivity index (χ3n) is 9.78.